The summed E-state index contributed by atoms with van der Waals surface area (Å²) in [5, 5.41) is 9.26. The molecule has 6 nitrogen and oxygen atoms in total. The minimum absolute atomic E-state index is 0.147. The molecule has 0 spiro atoms. The first kappa shape index (κ1) is 25.6. The number of carboxylic acids is 1. The number of aliphatic carboxylic acids is 1. The fourth-order valence-electron chi connectivity index (χ4n) is 3.49. The highest BCUT2D eigenvalue weighted by molar-refractivity contribution is 7.89. The highest BCUT2D eigenvalue weighted by Gasteiger charge is 2.14. The van der Waals surface area contributed by atoms with Crippen LogP contribution in [0.5, 0.6) is 0 Å². The first-order chi connectivity index (χ1) is 16.3. The SMILES string of the molecule is O=C(O)CCCCCC=C(c1cccnc1)c1cccc(CNS(=O)(=O)c2ccc(Cl)cc2)c1. The molecule has 2 N–H and O–H groups in total. The van der Waals surface area contributed by atoms with Gasteiger partial charge in [-0.25, -0.2) is 13.1 Å². The number of hydrogen-bond acceptors (Lipinski definition) is 4. The standard InChI is InChI=1S/C26H27ClN2O4S/c27-23-12-14-24(15-13-23)34(32,33)29-18-20-7-5-8-21(17-20)25(22-9-6-16-28-19-22)10-3-1-2-4-11-26(30)31/h5-10,12-17,19,29H,1-4,11,18H2,(H,30,31). The van der Waals surface area contributed by atoms with Crippen LogP contribution in [0.3, 0.4) is 0 Å². The maximum Gasteiger partial charge on any atom is 0.303 e. The molecular formula is C26H27ClN2O4S. The van der Waals surface area contributed by atoms with Gasteiger partial charge < -0.3 is 5.11 Å². The molecule has 0 bridgehead atoms. The number of hydrogen-bond donors (Lipinski definition) is 2. The predicted octanol–water partition coefficient (Wildman–Crippen LogP) is 5.68. The molecule has 0 aliphatic carbocycles. The van der Waals surface area contributed by atoms with Crippen LogP contribution < -0.4 is 4.72 Å². The van der Waals surface area contributed by atoms with Gasteiger partial charge in [-0.2, -0.15) is 0 Å². The number of carbonyl (C=O) groups is 1. The molecule has 3 aromatic rings. The predicted molar refractivity (Wildman–Crippen MR) is 134 cm³/mol. The Balaban J connectivity index is 1.74. The smallest absolute Gasteiger partial charge is 0.303 e. The van der Waals surface area contributed by atoms with Gasteiger partial charge in [-0.3, -0.25) is 9.78 Å². The zero-order valence-corrected chi connectivity index (χ0v) is 20.2. The normalized spacial score (nSPS) is 12.0. The van der Waals surface area contributed by atoms with Gasteiger partial charge in [0.2, 0.25) is 10.0 Å². The largest absolute Gasteiger partial charge is 0.481 e. The van der Waals surface area contributed by atoms with Crippen molar-refractivity contribution < 1.29 is 18.3 Å². The van der Waals surface area contributed by atoms with Crippen molar-refractivity contribution in [2.45, 2.75) is 43.5 Å². The lowest BCUT2D eigenvalue weighted by molar-refractivity contribution is -0.137. The van der Waals surface area contributed by atoms with Crippen LogP contribution in [0.25, 0.3) is 5.57 Å². The molecule has 34 heavy (non-hydrogen) atoms. The van der Waals surface area contributed by atoms with E-state index in [0.717, 1.165) is 41.5 Å². The van der Waals surface area contributed by atoms with Gasteiger partial charge in [0.25, 0.3) is 0 Å². The Bertz CT molecular complexity index is 1230. The van der Waals surface area contributed by atoms with Gasteiger partial charge in [-0.05, 0) is 72.4 Å². The van der Waals surface area contributed by atoms with E-state index >= 15 is 0 Å². The number of nitrogens with zero attached hydrogens (tertiary/aromatic N) is 1. The van der Waals surface area contributed by atoms with E-state index in [-0.39, 0.29) is 17.9 Å². The Hall–Kier alpha value is -3.00. The third-order valence-corrected chi connectivity index (χ3v) is 6.91. The van der Waals surface area contributed by atoms with E-state index in [0.29, 0.717) is 11.4 Å². The molecule has 0 atom stereocenters. The highest BCUT2D eigenvalue weighted by atomic mass is 35.5. The molecule has 0 amide bonds. The number of halogens is 1. The first-order valence-corrected chi connectivity index (χ1v) is 12.9. The van der Waals surface area contributed by atoms with E-state index in [1.165, 1.54) is 12.1 Å². The van der Waals surface area contributed by atoms with Gasteiger partial charge in [0.05, 0.1) is 4.90 Å². The van der Waals surface area contributed by atoms with Crippen LogP contribution >= 0.6 is 11.6 Å². The maximum absolute atomic E-state index is 12.6. The number of unbranched alkanes of at least 4 members (excludes halogenated alkanes) is 3. The number of nitrogens with one attached hydrogen (secondary N) is 1. The zero-order valence-electron chi connectivity index (χ0n) is 18.7. The molecule has 8 heteroatoms. The van der Waals surface area contributed by atoms with Crippen molar-refractivity contribution >= 4 is 33.2 Å². The summed E-state index contributed by atoms with van der Waals surface area (Å²) in [6.07, 6.45) is 9.03. The fourth-order valence-corrected chi connectivity index (χ4v) is 4.64. The summed E-state index contributed by atoms with van der Waals surface area (Å²) in [4.78, 5) is 15.1. The van der Waals surface area contributed by atoms with Crippen LogP contribution in [0, 0.1) is 0 Å². The average Bonchev–Trinajstić information content (AvgIpc) is 2.83. The summed E-state index contributed by atoms with van der Waals surface area (Å²) < 4.78 is 27.9. The Morgan fingerprint density at radius 2 is 1.76 bits per heavy atom. The second-order valence-electron chi connectivity index (χ2n) is 7.83. The second kappa shape index (κ2) is 12.5. The number of rotatable bonds is 12. The van der Waals surface area contributed by atoms with Crippen LogP contribution in [-0.4, -0.2) is 24.5 Å². The topological polar surface area (TPSA) is 96.4 Å². The average molecular weight is 499 g/mol. The van der Waals surface area contributed by atoms with Crippen LogP contribution in [0.15, 0.2) is 84.0 Å². The van der Waals surface area contributed by atoms with Crippen LogP contribution in [0.2, 0.25) is 5.02 Å². The Labute approximate surface area is 205 Å². The number of carboxylic acid groups (broad SMARTS) is 1. The van der Waals surface area contributed by atoms with E-state index in [4.69, 9.17) is 16.7 Å². The van der Waals surface area contributed by atoms with Gasteiger partial charge in [-0.1, -0.05) is 48.4 Å². The molecule has 0 aliphatic heterocycles. The van der Waals surface area contributed by atoms with Crippen molar-refractivity contribution in [3.8, 4) is 0 Å². The molecule has 178 valence electrons. The first-order valence-electron chi connectivity index (χ1n) is 11.0. The number of sulfonamides is 1. The molecule has 0 saturated heterocycles. The molecule has 2 aromatic carbocycles. The number of pyridine rings is 1. The molecule has 3 rings (SSSR count). The van der Waals surface area contributed by atoms with E-state index in [1.54, 1.807) is 24.5 Å². The van der Waals surface area contributed by atoms with Crippen molar-refractivity contribution in [1.29, 1.82) is 0 Å². The molecule has 0 radical (unpaired) electrons. The molecule has 0 unspecified atom stereocenters. The van der Waals surface area contributed by atoms with Gasteiger partial charge in [0, 0.05) is 35.9 Å². The van der Waals surface area contributed by atoms with Gasteiger partial charge in [-0.15, -0.1) is 0 Å². The minimum atomic E-state index is -3.66. The molecular weight excluding hydrogens is 472 g/mol. The summed E-state index contributed by atoms with van der Waals surface area (Å²) in [6, 6.07) is 17.6. The summed E-state index contributed by atoms with van der Waals surface area (Å²) in [5.41, 5.74) is 3.76. The summed E-state index contributed by atoms with van der Waals surface area (Å²) in [5.74, 6) is -0.768. The van der Waals surface area contributed by atoms with Gasteiger partial charge >= 0.3 is 5.97 Å². The van der Waals surface area contributed by atoms with E-state index in [2.05, 4.69) is 15.8 Å². The summed E-state index contributed by atoms with van der Waals surface area (Å²) >= 11 is 5.86. The summed E-state index contributed by atoms with van der Waals surface area (Å²) in [7, 11) is -3.66. The molecule has 0 aliphatic rings. The van der Waals surface area contributed by atoms with E-state index in [9.17, 15) is 13.2 Å². The number of aromatic nitrogens is 1. The lowest BCUT2D eigenvalue weighted by atomic mass is 9.96. The third-order valence-electron chi connectivity index (χ3n) is 5.24. The number of benzene rings is 2. The minimum Gasteiger partial charge on any atom is -0.481 e. The number of allylic oxidation sites excluding steroid dienone is 1. The van der Waals surface area contributed by atoms with Crippen molar-refractivity contribution in [2.24, 2.45) is 0 Å². The third kappa shape index (κ3) is 7.80. The van der Waals surface area contributed by atoms with Gasteiger partial charge in [0.15, 0.2) is 0 Å². The Kier molecular flexibility index (Phi) is 9.39. The second-order valence-corrected chi connectivity index (χ2v) is 10.0. The zero-order chi connectivity index (χ0) is 24.4. The van der Waals surface area contributed by atoms with Crippen LogP contribution in [-0.2, 0) is 21.4 Å². The van der Waals surface area contributed by atoms with Crippen molar-refractivity contribution in [1.82, 2.24) is 9.71 Å². The molecule has 1 heterocycles. The van der Waals surface area contributed by atoms with E-state index < -0.39 is 16.0 Å². The quantitative estimate of drug-likeness (QED) is 0.313. The van der Waals surface area contributed by atoms with E-state index in [1.807, 2.05) is 36.4 Å². The van der Waals surface area contributed by atoms with Crippen LogP contribution in [0.4, 0.5) is 0 Å². The Morgan fingerprint density at radius 1 is 1.00 bits per heavy atom. The van der Waals surface area contributed by atoms with Crippen molar-refractivity contribution in [3.63, 3.8) is 0 Å². The lowest BCUT2D eigenvalue weighted by Crippen LogP contribution is -2.23. The summed E-state index contributed by atoms with van der Waals surface area (Å²) in [6.45, 7) is 0.147. The van der Waals surface area contributed by atoms with Gasteiger partial charge in [0.1, 0.15) is 0 Å². The maximum atomic E-state index is 12.6. The highest BCUT2D eigenvalue weighted by Crippen LogP contribution is 2.25. The lowest BCUT2D eigenvalue weighted by Gasteiger charge is -2.12. The van der Waals surface area contributed by atoms with Crippen molar-refractivity contribution in [2.75, 3.05) is 0 Å². The fraction of sp³-hybridized carbons (Fsp3) is 0.231. The molecule has 1 aromatic heterocycles. The monoisotopic (exact) mass is 498 g/mol. The van der Waals surface area contributed by atoms with Crippen LogP contribution in [0.1, 0.15) is 48.8 Å². The molecule has 0 fully saturated rings. The van der Waals surface area contributed by atoms with Crippen molar-refractivity contribution in [3.05, 3.63) is 101 Å². The molecule has 0 saturated carbocycles. The Morgan fingerprint density at radius 3 is 2.47 bits per heavy atom.